The standard InChI is InChI=1S/C14H17Cl2NO/c1-9-5-10(2)8-17(7-9)14(18)12-4-3-11(15)6-13(12)16/h3-4,6,9-10H,5,7-8H2,1-2H3/t9-,10-/m1/s1. The molecule has 4 heteroatoms. The van der Waals surface area contributed by atoms with Crippen LogP contribution < -0.4 is 0 Å². The van der Waals surface area contributed by atoms with Crippen molar-refractivity contribution in [1.82, 2.24) is 4.90 Å². The fourth-order valence-corrected chi connectivity index (χ4v) is 3.15. The number of carbonyl (C=O) groups excluding carboxylic acids is 1. The number of hydrogen-bond acceptors (Lipinski definition) is 1. The second-order valence-corrected chi connectivity index (χ2v) is 6.12. The van der Waals surface area contributed by atoms with Crippen molar-refractivity contribution >= 4 is 29.1 Å². The molecule has 0 bridgehead atoms. The van der Waals surface area contributed by atoms with Crippen molar-refractivity contribution in [2.75, 3.05) is 13.1 Å². The molecule has 0 radical (unpaired) electrons. The largest absolute Gasteiger partial charge is 0.338 e. The van der Waals surface area contributed by atoms with Crippen molar-refractivity contribution in [3.05, 3.63) is 33.8 Å². The number of nitrogens with zero attached hydrogens (tertiary/aromatic N) is 1. The van der Waals surface area contributed by atoms with E-state index in [1.807, 2.05) is 4.90 Å². The number of hydrogen-bond donors (Lipinski definition) is 0. The van der Waals surface area contributed by atoms with E-state index in [-0.39, 0.29) is 5.91 Å². The summed E-state index contributed by atoms with van der Waals surface area (Å²) in [5, 5.41) is 0.982. The smallest absolute Gasteiger partial charge is 0.255 e. The second kappa shape index (κ2) is 5.50. The number of piperidine rings is 1. The molecular weight excluding hydrogens is 269 g/mol. The van der Waals surface area contributed by atoms with Gasteiger partial charge in [0.2, 0.25) is 0 Å². The van der Waals surface area contributed by atoms with Crippen LogP contribution in [0.2, 0.25) is 10.0 Å². The van der Waals surface area contributed by atoms with Gasteiger partial charge in [0.1, 0.15) is 0 Å². The lowest BCUT2D eigenvalue weighted by Gasteiger charge is -2.35. The molecule has 2 atom stereocenters. The first-order chi connectivity index (χ1) is 8.47. The van der Waals surface area contributed by atoms with Crippen LogP contribution in [0.5, 0.6) is 0 Å². The first-order valence-corrected chi connectivity index (χ1v) is 6.97. The topological polar surface area (TPSA) is 20.3 Å². The fourth-order valence-electron chi connectivity index (χ4n) is 2.66. The molecule has 0 spiro atoms. The van der Waals surface area contributed by atoms with Crippen LogP contribution in [0.4, 0.5) is 0 Å². The van der Waals surface area contributed by atoms with Gasteiger partial charge in [-0.1, -0.05) is 37.0 Å². The van der Waals surface area contributed by atoms with Crippen LogP contribution in [-0.2, 0) is 0 Å². The summed E-state index contributed by atoms with van der Waals surface area (Å²) in [6.07, 6.45) is 1.18. The highest BCUT2D eigenvalue weighted by Gasteiger charge is 2.27. The average molecular weight is 286 g/mol. The summed E-state index contributed by atoms with van der Waals surface area (Å²) >= 11 is 11.9. The minimum absolute atomic E-state index is 0.00932. The van der Waals surface area contributed by atoms with Crippen molar-refractivity contribution in [2.24, 2.45) is 11.8 Å². The van der Waals surface area contributed by atoms with Crippen LogP contribution in [-0.4, -0.2) is 23.9 Å². The SMILES string of the molecule is C[C@@H]1C[C@@H](C)CN(C(=O)c2ccc(Cl)cc2Cl)C1. The first kappa shape index (κ1) is 13.7. The highest BCUT2D eigenvalue weighted by atomic mass is 35.5. The van der Waals surface area contributed by atoms with Gasteiger partial charge in [-0.15, -0.1) is 0 Å². The number of benzene rings is 1. The lowest BCUT2D eigenvalue weighted by molar-refractivity contribution is 0.0623. The van der Waals surface area contributed by atoms with Gasteiger partial charge in [-0.2, -0.15) is 0 Å². The van der Waals surface area contributed by atoms with E-state index in [4.69, 9.17) is 23.2 Å². The van der Waals surface area contributed by atoms with Crippen molar-refractivity contribution in [1.29, 1.82) is 0 Å². The Bertz CT molecular complexity index is 451. The lowest BCUT2D eigenvalue weighted by atomic mass is 9.91. The maximum absolute atomic E-state index is 12.4. The summed E-state index contributed by atoms with van der Waals surface area (Å²) in [5.74, 6) is 1.10. The van der Waals surface area contributed by atoms with Crippen LogP contribution in [0.15, 0.2) is 18.2 Å². The van der Waals surface area contributed by atoms with Crippen LogP contribution in [0.25, 0.3) is 0 Å². The molecule has 0 N–H and O–H groups in total. The van der Waals surface area contributed by atoms with Crippen LogP contribution in [0, 0.1) is 11.8 Å². The zero-order chi connectivity index (χ0) is 13.3. The minimum atomic E-state index is 0.00932. The molecule has 1 aromatic rings. The Balaban J connectivity index is 2.20. The average Bonchev–Trinajstić information content (AvgIpc) is 2.26. The summed E-state index contributed by atoms with van der Waals surface area (Å²) in [6.45, 7) is 5.98. The highest BCUT2D eigenvalue weighted by molar-refractivity contribution is 6.36. The van der Waals surface area contributed by atoms with Crippen LogP contribution in [0.3, 0.4) is 0 Å². The van der Waals surface area contributed by atoms with Gasteiger partial charge in [0, 0.05) is 18.1 Å². The van der Waals surface area contributed by atoms with Gasteiger partial charge >= 0.3 is 0 Å². The molecule has 2 rings (SSSR count). The Hall–Kier alpha value is -0.730. The number of carbonyl (C=O) groups is 1. The van der Waals surface area contributed by atoms with Gasteiger partial charge < -0.3 is 4.90 Å². The predicted octanol–water partition coefficient (Wildman–Crippen LogP) is 4.11. The van der Waals surface area contributed by atoms with E-state index in [9.17, 15) is 4.79 Å². The Kier molecular flexibility index (Phi) is 4.18. The highest BCUT2D eigenvalue weighted by Crippen LogP contribution is 2.26. The van der Waals surface area contributed by atoms with Gasteiger partial charge in [-0.25, -0.2) is 0 Å². The molecule has 0 aliphatic carbocycles. The molecule has 1 fully saturated rings. The molecule has 1 heterocycles. The zero-order valence-electron chi connectivity index (χ0n) is 10.6. The Labute approximate surface area is 118 Å². The number of halogens is 2. The second-order valence-electron chi connectivity index (χ2n) is 5.28. The number of amides is 1. The van der Waals surface area contributed by atoms with E-state index in [0.29, 0.717) is 27.4 Å². The molecule has 1 aliphatic rings. The van der Waals surface area contributed by atoms with Gasteiger partial charge in [-0.05, 0) is 36.5 Å². The third-order valence-electron chi connectivity index (χ3n) is 3.32. The van der Waals surface area contributed by atoms with E-state index in [1.54, 1.807) is 18.2 Å². The third kappa shape index (κ3) is 2.99. The Morgan fingerprint density at radius 3 is 2.39 bits per heavy atom. The minimum Gasteiger partial charge on any atom is -0.338 e. The van der Waals surface area contributed by atoms with Crippen molar-refractivity contribution in [2.45, 2.75) is 20.3 Å². The molecule has 98 valence electrons. The molecule has 1 amide bonds. The summed E-state index contributed by atoms with van der Waals surface area (Å²) < 4.78 is 0. The monoisotopic (exact) mass is 285 g/mol. The fraction of sp³-hybridized carbons (Fsp3) is 0.500. The van der Waals surface area contributed by atoms with Gasteiger partial charge in [0.05, 0.1) is 10.6 Å². The summed E-state index contributed by atoms with van der Waals surface area (Å²) in [4.78, 5) is 14.3. The Morgan fingerprint density at radius 2 is 1.83 bits per heavy atom. The molecule has 1 aliphatic heterocycles. The maximum atomic E-state index is 12.4. The molecule has 0 unspecified atom stereocenters. The Morgan fingerprint density at radius 1 is 1.22 bits per heavy atom. The molecule has 0 saturated carbocycles. The molecule has 2 nitrogen and oxygen atoms in total. The van der Waals surface area contributed by atoms with Gasteiger partial charge in [0.25, 0.3) is 5.91 Å². The lowest BCUT2D eigenvalue weighted by Crippen LogP contribution is -2.42. The van der Waals surface area contributed by atoms with Crippen molar-refractivity contribution in [3.63, 3.8) is 0 Å². The van der Waals surface area contributed by atoms with Gasteiger partial charge in [-0.3, -0.25) is 4.79 Å². The summed E-state index contributed by atoms with van der Waals surface area (Å²) in [6, 6.07) is 5.03. The van der Waals surface area contributed by atoms with E-state index in [1.165, 1.54) is 6.42 Å². The van der Waals surface area contributed by atoms with E-state index >= 15 is 0 Å². The number of likely N-dealkylation sites (tertiary alicyclic amines) is 1. The third-order valence-corrected chi connectivity index (χ3v) is 3.87. The number of rotatable bonds is 1. The van der Waals surface area contributed by atoms with E-state index < -0.39 is 0 Å². The first-order valence-electron chi connectivity index (χ1n) is 6.21. The maximum Gasteiger partial charge on any atom is 0.255 e. The van der Waals surface area contributed by atoms with E-state index in [0.717, 1.165) is 13.1 Å². The van der Waals surface area contributed by atoms with Crippen molar-refractivity contribution in [3.8, 4) is 0 Å². The summed E-state index contributed by atoms with van der Waals surface area (Å²) in [7, 11) is 0. The molecule has 0 aromatic heterocycles. The van der Waals surface area contributed by atoms with Gasteiger partial charge in [0.15, 0.2) is 0 Å². The van der Waals surface area contributed by atoms with Crippen LogP contribution in [0.1, 0.15) is 30.6 Å². The quantitative estimate of drug-likeness (QED) is 0.760. The molecular formula is C14H17Cl2NO. The van der Waals surface area contributed by atoms with E-state index in [2.05, 4.69) is 13.8 Å². The molecule has 1 aromatic carbocycles. The summed E-state index contributed by atoms with van der Waals surface area (Å²) in [5.41, 5.74) is 0.544. The predicted molar refractivity (Wildman–Crippen MR) is 75.3 cm³/mol. The molecule has 18 heavy (non-hydrogen) atoms. The normalized spacial score (nSPS) is 24.1. The zero-order valence-corrected chi connectivity index (χ0v) is 12.1. The molecule has 1 saturated heterocycles. The van der Waals surface area contributed by atoms with Crippen LogP contribution >= 0.6 is 23.2 Å². The van der Waals surface area contributed by atoms with Crippen molar-refractivity contribution < 1.29 is 4.79 Å².